The molecule has 3 aromatic rings. The fourth-order valence-corrected chi connectivity index (χ4v) is 4.02. The number of ether oxygens (including phenoxy) is 1. The topological polar surface area (TPSA) is 80.3 Å². The molecular weight excluding hydrogens is 358 g/mol. The molecule has 1 aliphatic heterocycles. The van der Waals surface area contributed by atoms with Gasteiger partial charge in [0.15, 0.2) is 10.9 Å². The molecular formula is C17H13N3O3S2. The van der Waals surface area contributed by atoms with Gasteiger partial charge in [-0.15, -0.1) is 11.3 Å². The summed E-state index contributed by atoms with van der Waals surface area (Å²) in [7, 11) is 0. The molecule has 0 unspecified atom stereocenters. The van der Waals surface area contributed by atoms with Crippen molar-refractivity contribution in [2.75, 3.05) is 23.5 Å². The van der Waals surface area contributed by atoms with Crippen LogP contribution in [0.5, 0.6) is 5.75 Å². The van der Waals surface area contributed by atoms with Gasteiger partial charge in [0.1, 0.15) is 5.75 Å². The number of thioether (sulfide) groups is 1. The molecule has 6 nitrogen and oxygen atoms in total. The number of thiazole rings is 1. The third-order valence-electron chi connectivity index (χ3n) is 3.68. The predicted molar refractivity (Wildman–Crippen MR) is 99.9 cm³/mol. The van der Waals surface area contributed by atoms with Crippen LogP contribution in [0.4, 0.5) is 11.4 Å². The summed E-state index contributed by atoms with van der Waals surface area (Å²) in [5.74, 6) is 0.0775. The molecule has 0 fully saturated rings. The summed E-state index contributed by atoms with van der Waals surface area (Å²) in [5.41, 5.74) is 2.57. The molecule has 0 bridgehead atoms. The van der Waals surface area contributed by atoms with E-state index in [2.05, 4.69) is 15.6 Å². The molecule has 2 amide bonds. The van der Waals surface area contributed by atoms with Crippen LogP contribution in [0.2, 0.25) is 0 Å². The van der Waals surface area contributed by atoms with Crippen molar-refractivity contribution in [1.29, 1.82) is 0 Å². The number of fused-ring (bicyclic) bond motifs is 2. The third kappa shape index (κ3) is 3.18. The Morgan fingerprint density at radius 3 is 3.04 bits per heavy atom. The van der Waals surface area contributed by atoms with Gasteiger partial charge < -0.3 is 15.4 Å². The number of hydrogen-bond acceptors (Lipinski definition) is 6. The van der Waals surface area contributed by atoms with E-state index in [9.17, 15) is 9.59 Å². The van der Waals surface area contributed by atoms with E-state index in [1.165, 1.54) is 0 Å². The molecule has 4 rings (SSSR count). The minimum absolute atomic E-state index is 0.00849. The fourth-order valence-electron chi connectivity index (χ4n) is 2.50. The van der Waals surface area contributed by atoms with Crippen molar-refractivity contribution in [3.05, 3.63) is 42.0 Å². The van der Waals surface area contributed by atoms with Gasteiger partial charge in [0, 0.05) is 11.3 Å². The Hall–Kier alpha value is -2.58. The minimum Gasteiger partial charge on any atom is -0.482 e. The molecule has 0 spiro atoms. The average Bonchev–Trinajstić information content (AvgIpc) is 3.03. The number of amides is 2. The standard InChI is InChI=1S/C17H13N3O3S2/c1-24-17-20-11-4-3-10(7-14(11)25-17)18-16(22)9-2-5-13-12(6-9)19-15(21)8-23-13/h2-7H,8H2,1H3,(H,18,22)(H,19,21). The Morgan fingerprint density at radius 1 is 1.32 bits per heavy atom. The lowest BCUT2D eigenvalue weighted by Crippen LogP contribution is -2.25. The lowest BCUT2D eigenvalue weighted by Gasteiger charge is -2.18. The molecule has 0 saturated carbocycles. The quantitative estimate of drug-likeness (QED) is 0.688. The van der Waals surface area contributed by atoms with Gasteiger partial charge in [-0.25, -0.2) is 4.98 Å². The van der Waals surface area contributed by atoms with Gasteiger partial charge >= 0.3 is 0 Å². The molecule has 126 valence electrons. The number of benzene rings is 2. The van der Waals surface area contributed by atoms with Gasteiger partial charge in [-0.3, -0.25) is 9.59 Å². The average molecular weight is 371 g/mol. The second-order valence-electron chi connectivity index (χ2n) is 5.37. The van der Waals surface area contributed by atoms with E-state index in [-0.39, 0.29) is 18.4 Å². The van der Waals surface area contributed by atoms with Crippen LogP contribution in [-0.4, -0.2) is 29.7 Å². The van der Waals surface area contributed by atoms with Crippen LogP contribution >= 0.6 is 23.1 Å². The van der Waals surface area contributed by atoms with Crippen LogP contribution in [-0.2, 0) is 4.79 Å². The van der Waals surface area contributed by atoms with Crippen LogP contribution < -0.4 is 15.4 Å². The molecule has 0 atom stereocenters. The van der Waals surface area contributed by atoms with E-state index in [0.29, 0.717) is 22.7 Å². The number of carbonyl (C=O) groups is 2. The molecule has 1 aliphatic rings. The van der Waals surface area contributed by atoms with E-state index < -0.39 is 0 Å². The zero-order valence-corrected chi connectivity index (χ0v) is 14.8. The highest BCUT2D eigenvalue weighted by atomic mass is 32.2. The molecule has 25 heavy (non-hydrogen) atoms. The lowest BCUT2D eigenvalue weighted by molar-refractivity contribution is -0.118. The second kappa shape index (κ2) is 6.38. The summed E-state index contributed by atoms with van der Waals surface area (Å²) in [4.78, 5) is 28.4. The van der Waals surface area contributed by atoms with Gasteiger partial charge in [-0.1, -0.05) is 11.8 Å². The number of nitrogens with one attached hydrogen (secondary N) is 2. The molecule has 0 radical (unpaired) electrons. The minimum atomic E-state index is -0.253. The second-order valence-corrected chi connectivity index (χ2v) is 7.45. The van der Waals surface area contributed by atoms with Crippen molar-refractivity contribution in [3.63, 3.8) is 0 Å². The van der Waals surface area contributed by atoms with E-state index >= 15 is 0 Å². The van der Waals surface area contributed by atoms with Crippen molar-refractivity contribution in [1.82, 2.24) is 4.98 Å². The highest BCUT2D eigenvalue weighted by Gasteiger charge is 2.18. The molecule has 2 heterocycles. The van der Waals surface area contributed by atoms with Crippen LogP contribution in [0.15, 0.2) is 40.7 Å². The first-order valence-corrected chi connectivity index (χ1v) is 9.49. The molecule has 2 aromatic carbocycles. The number of nitrogens with zero attached hydrogens (tertiary/aromatic N) is 1. The van der Waals surface area contributed by atoms with Crippen LogP contribution in [0.3, 0.4) is 0 Å². The monoisotopic (exact) mass is 371 g/mol. The number of hydrogen-bond donors (Lipinski definition) is 2. The number of aromatic nitrogens is 1. The maximum Gasteiger partial charge on any atom is 0.262 e. The molecule has 1 aromatic heterocycles. The van der Waals surface area contributed by atoms with Crippen molar-refractivity contribution in [2.24, 2.45) is 0 Å². The molecule has 2 N–H and O–H groups in total. The summed E-state index contributed by atoms with van der Waals surface area (Å²) in [6.07, 6.45) is 1.99. The Kier molecular flexibility index (Phi) is 4.06. The number of rotatable bonds is 3. The van der Waals surface area contributed by atoms with E-state index in [4.69, 9.17) is 4.74 Å². The first-order valence-electron chi connectivity index (χ1n) is 7.45. The highest BCUT2D eigenvalue weighted by molar-refractivity contribution is 8.00. The fraction of sp³-hybridized carbons (Fsp3) is 0.118. The van der Waals surface area contributed by atoms with Crippen molar-refractivity contribution in [3.8, 4) is 5.75 Å². The van der Waals surface area contributed by atoms with Crippen molar-refractivity contribution < 1.29 is 14.3 Å². The summed E-state index contributed by atoms with van der Waals surface area (Å²) >= 11 is 3.19. The van der Waals surface area contributed by atoms with E-state index in [1.807, 2.05) is 24.5 Å². The predicted octanol–water partition coefficient (Wildman–Crippen LogP) is 3.60. The van der Waals surface area contributed by atoms with Gasteiger partial charge in [0.2, 0.25) is 0 Å². The zero-order chi connectivity index (χ0) is 17.4. The van der Waals surface area contributed by atoms with E-state index in [1.54, 1.807) is 41.3 Å². The maximum atomic E-state index is 12.5. The van der Waals surface area contributed by atoms with Crippen LogP contribution in [0.1, 0.15) is 10.4 Å². The van der Waals surface area contributed by atoms with Gasteiger partial charge in [-0.2, -0.15) is 0 Å². The van der Waals surface area contributed by atoms with Gasteiger partial charge in [-0.05, 0) is 42.7 Å². The summed E-state index contributed by atoms with van der Waals surface area (Å²) < 4.78 is 7.31. The number of anilines is 2. The smallest absolute Gasteiger partial charge is 0.262 e. The lowest BCUT2D eigenvalue weighted by atomic mass is 10.1. The van der Waals surface area contributed by atoms with Crippen LogP contribution in [0.25, 0.3) is 10.2 Å². The van der Waals surface area contributed by atoms with Crippen LogP contribution in [0, 0.1) is 0 Å². The highest BCUT2D eigenvalue weighted by Crippen LogP contribution is 2.31. The largest absolute Gasteiger partial charge is 0.482 e. The Morgan fingerprint density at radius 2 is 2.20 bits per heavy atom. The van der Waals surface area contributed by atoms with Gasteiger partial charge in [0.25, 0.3) is 11.8 Å². The summed E-state index contributed by atoms with van der Waals surface area (Å²) in [6, 6.07) is 10.6. The molecule has 0 aliphatic carbocycles. The van der Waals surface area contributed by atoms with Gasteiger partial charge in [0.05, 0.1) is 15.9 Å². The normalized spacial score (nSPS) is 13.1. The SMILES string of the molecule is CSc1nc2ccc(NC(=O)c3ccc4c(c3)NC(=O)CO4)cc2s1. The first-order chi connectivity index (χ1) is 12.1. The first kappa shape index (κ1) is 15.9. The Balaban J connectivity index is 1.57. The van der Waals surface area contributed by atoms with E-state index in [0.717, 1.165) is 14.6 Å². The summed E-state index contributed by atoms with van der Waals surface area (Å²) in [5, 5.41) is 5.57. The van der Waals surface area contributed by atoms with Crippen molar-refractivity contribution in [2.45, 2.75) is 4.34 Å². The number of carbonyl (C=O) groups excluding carboxylic acids is 2. The third-order valence-corrected chi connectivity index (χ3v) is 5.68. The molecule has 8 heteroatoms. The van der Waals surface area contributed by atoms with Crippen molar-refractivity contribution >= 4 is 56.5 Å². The zero-order valence-electron chi connectivity index (χ0n) is 13.2. The summed E-state index contributed by atoms with van der Waals surface area (Å²) in [6.45, 7) is -0.00849. The Bertz CT molecular complexity index is 1000. The maximum absolute atomic E-state index is 12.5. The molecule has 0 saturated heterocycles. The Labute approximate surface area is 151 Å².